The SMILES string of the molecule is CN1CCC[C@@]2(CCCC2=O)C1=O. The summed E-state index contributed by atoms with van der Waals surface area (Å²) in [5, 5.41) is 0. The summed E-state index contributed by atoms with van der Waals surface area (Å²) in [6.45, 7) is 0.813. The molecule has 1 saturated heterocycles. The van der Waals surface area contributed by atoms with E-state index in [1.54, 1.807) is 11.9 Å². The molecule has 2 aliphatic rings. The fourth-order valence-electron chi connectivity index (χ4n) is 2.61. The van der Waals surface area contributed by atoms with E-state index in [1.807, 2.05) is 0 Å². The van der Waals surface area contributed by atoms with Crippen LogP contribution in [-0.2, 0) is 9.59 Å². The highest BCUT2D eigenvalue weighted by Crippen LogP contribution is 2.42. The van der Waals surface area contributed by atoms with Crippen molar-refractivity contribution < 1.29 is 9.59 Å². The monoisotopic (exact) mass is 181 g/mol. The van der Waals surface area contributed by atoms with Crippen LogP contribution in [0.2, 0.25) is 0 Å². The molecule has 0 N–H and O–H groups in total. The third-order valence-corrected chi connectivity index (χ3v) is 3.39. The van der Waals surface area contributed by atoms with Crippen LogP contribution in [0.3, 0.4) is 0 Å². The Bertz CT molecular complexity index is 262. The Kier molecular flexibility index (Phi) is 1.90. The Morgan fingerprint density at radius 3 is 2.54 bits per heavy atom. The molecule has 0 aromatic heterocycles. The van der Waals surface area contributed by atoms with E-state index in [1.165, 1.54) is 0 Å². The first kappa shape index (κ1) is 8.73. The van der Waals surface area contributed by atoms with Crippen LogP contribution >= 0.6 is 0 Å². The van der Waals surface area contributed by atoms with Crippen LogP contribution in [-0.4, -0.2) is 30.2 Å². The van der Waals surface area contributed by atoms with Crippen LogP contribution in [0.1, 0.15) is 32.1 Å². The van der Waals surface area contributed by atoms with Gasteiger partial charge >= 0.3 is 0 Å². The van der Waals surface area contributed by atoms with Gasteiger partial charge in [-0.05, 0) is 25.7 Å². The zero-order valence-corrected chi connectivity index (χ0v) is 8.01. The summed E-state index contributed by atoms with van der Waals surface area (Å²) in [6, 6.07) is 0. The molecule has 13 heavy (non-hydrogen) atoms. The van der Waals surface area contributed by atoms with Crippen LogP contribution in [0.5, 0.6) is 0 Å². The van der Waals surface area contributed by atoms with E-state index in [9.17, 15) is 9.59 Å². The average Bonchev–Trinajstić information content (AvgIpc) is 2.45. The summed E-state index contributed by atoms with van der Waals surface area (Å²) >= 11 is 0. The van der Waals surface area contributed by atoms with Gasteiger partial charge in [0, 0.05) is 20.0 Å². The Morgan fingerprint density at radius 1 is 1.23 bits per heavy atom. The summed E-state index contributed by atoms with van der Waals surface area (Å²) in [7, 11) is 1.80. The number of piperidine rings is 1. The van der Waals surface area contributed by atoms with Crippen molar-refractivity contribution in [2.45, 2.75) is 32.1 Å². The number of likely N-dealkylation sites (tertiary alicyclic amines) is 1. The molecule has 0 aromatic rings. The summed E-state index contributed by atoms with van der Waals surface area (Å²) < 4.78 is 0. The van der Waals surface area contributed by atoms with Crippen molar-refractivity contribution in [3.63, 3.8) is 0 Å². The number of hydrogen-bond acceptors (Lipinski definition) is 2. The molecule has 1 atom stereocenters. The number of carbonyl (C=O) groups excluding carboxylic acids is 2. The van der Waals surface area contributed by atoms with Gasteiger partial charge in [0.2, 0.25) is 5.91 Å². The number of amides is 1. The summed E-state index contributed by atoms with van der Waals surface area (Å²) in [6.07, 6.45) is 4.07. The highest BCUT2D eigenvalue weighted by molar-refractivity contribution is 6.07. The zero-order chi connectivity index (χ0) is 9.47. The minimum Gasteiger partial charge on any atom is -0.345 e. The third-order valence-electron chi connectivity index (χ3n) is 3.39. The minimum atomic E-state index is -0.590. The number of nitrogens with zero attached hydrogens (tertiary/aromatic N) is 1. The Balaban J connectivity index is 2.29. The molecule has 1 saturated carbocycles. The molecule has 1 aliphatic heterocycles. The van der Waals surface area contributed by atoms with Gasteiger partial charge in [-0.2, -0.15) is 0 Å². The second-order valence-corrected chi connectivity index (χ2v) is 4.19. The zero-order valence-electron chi connectivity index (χ0n) is 8.01. The number of carbonyl (C=O) groups is 2. The maximum absolute atomic E-state index is 11.9. The Labute approximate surface area is 78.1 Å². The standard InChI is InChI=1S/C10H15NO2/c1-11-7-3-6-10(9(11)13)5-2-4-8(10)12/h2-7H2,1H3/t10-/m1/s1. The Morgan fingerprint density at radius 2 is 1.92 bits per heavy atom. The average molecular weight is 181 g/mol. The largest absolute Gasteiger partial charge is 0.345 e. The number of rotatable bonds is 0. The molecule has 0 aromatic carbocycles. The summed E-state index contributed by atoms with van der Waals surface area (Å²) in [5.41, 5.74) is -0.590. The van der Waals surface area contributed by atoms with Gasteiger partial charge in [-0.25, -0.2) is 0 Å². The molecular formula is C10H15NO2. The molecule has 1 heterocycles. The predicted octanol–water partition coefficient (Wildman–Crippen LogP) is 0.978. The minimum absolute atomic E-state index is 0.0706. The van der Waals surface area contributed by atoms with Gasteiger partial charge in [-0.15, -0.1) is 0 Å². The topological polar surface area (TPSA) is 37.4 Å². The van der Waals surface area contributed by atoms with Crippen molar-refractivity contribution in [2.24, 2.45) is 5.41 Å². The van der Waals surface area contributed by atoms with Crippen LogP contribution < -0.4 is 0 Å². The smallest absolute Gasteiger partial charge is 0.236 e. The lowest BCUT2D eigenvalue weighted by atomic mass is 9.77. The molecule has 3 heteroatoms. The number of hydrogen-bond donors (Lipinski definition) is 0. The molecular weight excluding hydrogens is 166 g/mol. The second kappa shape index (κ2) is 2.82. The van der Waals surface area contributed by atoms with E-state index in [0.717, 1.165) is 32.2 Å². The van der Waals surface area contributed by atoms with Crippen molar-refractivity contribution >= 4 is 11.7 Å². The van der Waals surface area contributed by atoms with Gasteiger partial charge in [0.1, 0.15) is 11.2 Å². The van der Waals surface area contributed by atoms with Gasteiger partial charge in [-0.1, -0.05) is 0 Å². The van der Waals surface area contributed by atoms with Crippen molar-refractivity contribution in [2.75, 3.05) is 13.6 Å². The first-order valence-corrected chi connectivity index (χ1v) is 4.96. The highest BCUT2D eigenvalue weighted by atomic mass is 16.2. The van der Waals surface area contributed by atoms with Gasteiger partial charge in [0.25, 0.3) is 0 Å². The van der Waals surface area contributed by atoms with E-state index >= 15 is 0 Å². The molecule has 1 amide bonds. The summed E-state index contributed by atoms with van der Waals surface area (Å²) in [5.74, 6) is 0.255. The highest BCUT2D eigenvalue weighted by Gasteiger charge is 2.50. The molecule has 0 radical (unpaired) electrons. The fourth-order valence-corrected chi connectivity index (χ4v) is 2.61. The van der Waals surface area contributed by atoms with Crippen molar-refractivity contribution in [3.8, 4) is 0 Å². The van der Waals surface area contributed by atoms with Crippen molar-refractivity contribution in [1.82, 2.24) is 4.90 Å². The lowest BCUT2D eigenvalue weighted by molar-refractivity contribution is -0.150. The van der Waals surface area contributed by atoms with E-state index < -0.39 is 5.41 Å². The molecule has 1 spiro atoms. The molecule has 0 unspecified atom stereocenters. The van der Waals surface area contributed by atoms with Crippen molar-refractivity contribution in [3.05, 3.63) is 0 Å². The van der Waals surface area contributed by atoms with Crippen LogP contribution in [0.15, 0.2) is 0 Å². The van der Waals surface area contributed by atoms with Gasteiger partial charge in [0.05, 0.1) is 0 Å². The maximum Gasteiger partial charge on any atom is 0.236 e. The van der Waals surface area contributed by atoms with Crippen molar-refractivity contribution in [1.29, 1.82) is 0 Å². The lowest BCUT2D eigenvalue weighted by Gasteiger charge is -2.36. The predicted molar refractivity (Wildman–Crippen MR) is 48.2 cm³/mol. The molecule has 3 nitrogen and oxygen atoms in total. The van der Waals surface area contributed by atoms with Crippen LogP contribution in [0, 0.1) is 5.41 Å². The molecule has 2 rings (SSSR count). The van der Waals surface area contributed by atoms with E-state index in [4.69, 9.17) is 0 Å². The van der Waals surface area contributed by atoms with Crippen LogP contribution in [0.4, 0.5) is 0 Å². The molecule has 72 valence electrons. The number of ketones is 1. The van der Waals surface area contributed by atoms with Crippen LogP contribution in [0.25, 0.3) is 0 Å². The lowest BCUT2D eigenvalue weighted by Crippen LogP contribution is -2.49. The van der Waals surface area contributed by atoms with Gasteiger partial charge in [0.15, 0.2) is 0 Å². The normalized spacial score (nSPS) is 34.7. The second-order valence-electron chi connectivity index (χ2n) is 4.19. The van der Waals surface area contributed by atoms with Gasteiger partial charge in [-0.3, -0.25) is 9.59 Å². The molecule has 1 aliphatic carbocycles. The number of Topliss-reactive ketones (excluding diaryl/α,β-unsaturated/α-hetero) is 1. The quantitative estimate of drug-likeness (QED) is 0.522. The first-order chi connectivity index (χ1) is 6.17. The molecule has 2 fully saturated rings. The van der Waals surface area contributed by atoms with Gasteiger partial charge < -0.3 is 4.90 Å². The fraction of sp³-hybridized carbons (Fsp3) is 0.800. The third kappa shape index (κ3) is 1.10. The maximum atomic E-state index is 11.9. The van der Waals surface area contributed by atoms with E-state index in [0.29, 0.717) is 6.42 Å². The first-order valence-electron chi connectivity index (χ1n) is 4.96. The molecule has 0 bridgehead atoms. The van der Waals surface area contributed by atoms with E-state index in [2.05, 4.69) is 0 Å². The summed E-state index contributed by atoms with van der Waals surface area (Å²) in [4.78, 5) is 25.2. The van der Waals surface area contributed by atoms with E-state index in [-0.39, 0.29) is 11.7 Å². The Hall–Kier alpha value is -0.860.